The van der Waals surface area contributed by atoms with Gasteiger partial charge in [0.1, 0.15) is 11.5 Å². The van der Waals surface area contributed by atoms with Gasteiger partial charge in [-0.15, -0.1) is 0 Å². The smallest absolute Gasteiger partial charge is 0.136 e. The molecule has 51 heavy (non-hydrogen) atoms. The van der Waals surface area contributed by atoms with Gasteiger partial charge in [0.2, 0.25) is 0 Å². The van der Waals surface area contributed by atoms with Crippen molar-refractivity contribution in [3.05, 3.63) is 194 Å². The van der Waals surface area contributed by atoms with Crippen LogP contribution in [0.3, 0.4) is 0 Å². The first-order valence-electron chi connectivity index (χ1n) is 17.4. The highest BCUT2D eigenvalue weighted by Crippen LogP contribution is 2.52. The summed E-state index contributed by atoms with van der Waals surface area (Å²) in [5.41, 5.74) is 8.96. The van der Waals surface area contributed by atoms with Gasteiger partial charge < -0.3 is 14.5 Å². The number of hydrogen-bond acceptors (Lipinski definition) is 3. The van der Waals surface area contributed by atoms with Gasteiger partial charge in [0.15, 0.2) is 0 Å². The standard InChI is InChI=1S/C48H32N2O/c1-5-14-37(15-6-1)49(38-16-7-2-8-17-38)41-28-26-33(27-29-41)36-30-34-24-25-35-31-43(50(39-18-9-3-10-19-39)40-20-11-4-12-21-40)42-22-13-23-44-48(42)47(35)46(34)45(32-36)51-44/h1-32H. The summed E-state index contributed by atoms with van der Waals surface area (Å²) in [5, 5.41) is 7.07. The average Bonchev–Trinajstić information content (AvgIpc) is 3.20. The number of nitrogens with zero attached hydrogens (tertiary/aromatic N) is 2. The maximum atomic E-state index is 6.84. The first-order valence-corrected chi connectivity index (χ1v) is 17.4. The molecule has 3 nitrogen and oxygen atoms in total. The van der Waals surface area contributed by atoms with E-state index in [0.29, 0.717) is 0 Å². The molecule has 3 heteroatoms. The largest absolute Gasteiger partial charge is 0.456 e. The lowest BCUT2D eigenvalue weighted by atomic mass is 9.90. The van der Waals surface area contributed by atoms with Crippen LogP contribution in [0.4, 0.5) is 34.1 Å². The van der Waals surface area contributed by atoms with E-state index in [1.165, 1.54) is 16.2 Å². The molecule has 0 amide bonds. The van der Waals surface area contributed by atoms with Crippen LogP contribution >= 0.6 is 0 Å². The number of ether oxygens (including phenoxy) is 1. The second-order valence-electron chi connectivity index (χ2n) is 13.0. The van der Waals surface area contributed by atoms with Crippen molar-refractivity contribution in [2.24, 2.45) is 0 Å². The maximum absolute atomic E-state index is 6.84. The molecule has 0 unspecified atom stereocenters. The second kappa shape index (κ2) is 11.9. The van der Waals surface area contributed by atoms with Crippen LogP contribution in [0.25, 0.3) is 43.4 Å². The first-order chi connectivity index (χ1) is 25.3. The summed E-state index contributed by atoms with van der Waals surface area (Å²) in [5.74, 6) is 1.78. The van der Waals surface area contributed by atoms with Gasteiger partial charge in [-0.3, -0.25) is 0 Å². The summed E-state index contributed by atoms with van der Waals surface area (Å²) in [7, 11) is 0. The third-order valence-electron chi connectivity index (χ3n) is 9.94. The molecule has 1 aliphatic heterocycles. The Bertz CT molecular complexity index is 2610. The van der Waals surface area contributed by atoms with Crippen LogP contribution < -0.4 is 14.5 Å². The lowest BCUT2D eigenvalue weighted by molar-refractivity contribution is 0.493. The summed E-state index contributed by atoms with van der Waals surface area (Å²) < 4.78 is 6.84. The molecule has 0 saturated heterocycles. The van der Waals surface area contributed by atoms with Crippen molar-refractivity contribution in [2.75, 3.05) is 9.80 Å². The van der Waals surface area contributed by atoms with Crippen LogP contribution in [-0.2, 0) is 0 Å². The van der Waals surface area contributed by atoms with E-state index in [0.717, 1.165) is 72.9 Å². The molecule has 0 aliphatic carbocycles. The van der Waals surface area contributed by atoms with Gasteiger partial charge in [-0.05, 0) is 107 Å². The fourth-order valence-electron chi connectivity index (χ4n) is 7.68. The minimum atomic E-state index is 0.884. The van der Waals surface area contributed by atoms with Gasteiger partial charge in [-0.25, -0.2) is 0 Å². The molecule has 10 rings (SSSR count). The first kappa shape index (κ1) is 29.1. The van der Waals surface area contributed by atoms with Gasteiger partial charge in [0.05, 0.1) is 5.69 Å². The van der Waals surface area contributed by atoms with E-state index in [4.69, 9.17) is 4.74 Å². The molecule has 1 heterocycles. The Balaban J connectivity index is 1.11. The van der Waals surface area contributed by atoms with E-state index in [-0.39, 0.29) is 0 Å². The zero-order valence-corrected chi connectivity index (χ0v) is 27.8. The Kier molecular flexibility index (Phi) is 6.81. The highest BCUT2D eigenvalue weighted by molar-refractivity contribution is 6.28. The van der Waals surface area contributed by atoms with Crippen molar-refractivity contribution < 1.29 is 4.74 Å². The maximum Gasteiger partial charge on any atom is 0.136 e. The summed E-state index contributed by atoms with van der Waals surface area (Å²) in [6.07, 6.45) is 0. The summed E-state index contributed by atoms with van der Waals surface area (Å²) >= 11 is 0. The Labute approximate surface area is 296 Å². The summed E-state index contributed by atoms with van der Waals surface area (Å²) in [4.78, 5) is 4.64. The van der Waals surface area contributed by atoms with E-state index in [1.807, 2.05) is 0 Å². The minimum absolute atomic E-state index is 0.884. The SMILES string of the molecule is c1ccc(N(c2ccccc2)c2ccc(-c3cc4c5c(ccc6cc(N(c7ccccc7)c7ccccc7)c7cccc(c7c65)O4)c3)cc2)cc1. The lowest BCUT2D eigenvalue weighted by Crippen LogP contribution is -2.11. The number of rotatable bonds is 7. The number of anilines is 6. The van der Waals surface area contributed by atoms with E-state index in [1.54, 1.807) is 0 Å². The average molecular weight is 653 g/mol. The third kappa shape index (κ3) is 4.90. The molecule has 0 spiro atoms. The number of para-hydroxylation sites is 4. The van der Waals surface area contributed by atoms with Crippen LogP contribution in [0.1, 0.15) is 0 Å². The van der Waals surface area contributed by atoms with E-state index in [2.05, 4.69) is 204 Å². The monoisotopic (exact) mass is 652 g/mol. The van der Waals surface area contributed by atoms with Crippen LogP contribution in [-0.4, -0.2) is 0 Å². The number of benzene rings is 9. The van der Waals surface area contributed by atoms with Gasteiger partial charge in [0.25, 0.3) is 0 Å². The topological polar surface area (TPSA) is 15.7 Å². The normalized spacial score (nSPS) is 11.7. The molecular weight excluding hydrogens is 621 g/mol. The summed E-state index contributed by atoms with van der Waals surface area (Å²) in [6, 6.07) is 68.9. The highest BCUT2D eigenvalue weighted by Gasteiger charge is 2.25. The molecule has 0 fully saturated rings. The predicted molar refractivity (Wildman–Crippen MR) is 214 cm³/mol. The van der Waals surface area contributed by atoms with Crippen molar-refractivity contribution in [2.45, 2.75) is 0 Å². The molecule has 0 radical (unpaired) electrons. The van der Waals surface area contributed by atoms with E-state index >= 15 is 0 Å². The molecule has 0 aromatic heterocycles. The van der Waals surface area contributed by atoms with Gasteiger partial charge in [0, 0.05) is 50.0 Å². The molecule has 0 bridgehead atoms. The van der Waals surface area contributed by atoms with Crippen LogP contribution in [0.2, 0.25) is 0 Å². The van der Waals surface area contributed by atoms with Gasteiger partial charge in [-0.1, -0.05) is 109 Å². The Hall–Kier alpha value is -6.84. The molecule has 9 aromatic rings. The van der Waals surface area contributed by atoms with Crippen molar-refractivity contribution in [1.82, 2.24) is 0 Å². The molecule has 0 N–H and O–H groups in total. The Morgan fingerprint density at radius 2 is 0.824 bits per heavy atom. The van der Waals surface area contributed by atoms with Crippen LogP contribution in [0.15, 0.2) is 194 Å². The zero-order chi connectivity index (χ0) is 33.7. The minimum Gasteiger partial charge on any atom is -0.456 e. The third-order valence-corrected chi connectivity index (χ3v) is 9.94. The van der Waals surface area contributed by atoms with Crippen molar-refractivity contribution in [3.8, 4) is 22.6 Å². The molecule has 0 saturated carbocycles. The zero-order valence-electron chi connectivity index (χ0n) is 27.8. The fourth-order valence-corrected chi connectivity index (χ4v) is 7.68. The Morgan fingerprint density at radius 3 is 1.39 bits per heavy atom. The molecule has 9 aromatic carbocycles. The Morgan fingerprint density at radius 1 is 0.314 bits per heavy atom. The second-order valence-corrected chi connectivity index (χ2v) is 13.0. The highest BCUT2D eigenvalue weighted by atomic mass is 16.5. The predicted octanol–water partition coefficient (Wildman–Crippen LogP) is 13.9. The molecule has 240 valence electrons. The van der Waals surface area contributed by atoms with Crippen molar-refractivity contribution >= 4 is 66.4 Å². The molecular formula is C48H32N2O. The summed E-state index contributed by atoms with van der Waals surface area (Å²) in [6.45, 7) is 0. The molecule has 1 aliphatic rings. The van der Waals surface area contributed by atoms with Gasteiger partial charge >= 0.3 is 0 Å². The lowest BCUT2D eigenvalue weighted by Gasteiger charge is -2.29. The van der Waals surface area contributed by atoms with Gasteiger partial charge in [-0.2, -0.15) is 0 Å². The van der Waals surface area contributed by atoms with Crippen LogP contribution in [0, 0.1) is 0 Å². The fraction of sp³-hybridized carbons (Fsp3) is 0. The van der Waals surface area contributed by atoms with Crippen molar-refractivity contribution in [3.63, 3.8) is 0 Å². The van der Waals surface area contributed by atoms with E-state index in [9.17, 15) is 0 Å². The quantitative estimate of drug-likeness (QED) is 0.159. The van der Waals surface area contributed by atoms with E-state index < -0.39 is 0 Å². The number of hydrogen-bond donors (Lipinski definition) is 0. The van der Waals surface area contributed by atoms with Crippen molar-refractivity contribution in [1.29, 1.82) is 0 Å². The van der Waals surface area contributed by atoms with Crippen LogP contribution in [0.5, 0.6) is 11.5 Å². The molecule has 0 atom stereocenters.